The first-order valence-electron chi connectivity index (χ1n) is 12.8. The number of ether oxygens (including phenoxy) is 4. The van der Waals surface area contributed by atoms with Gasteiger partial charge in [0.2, 0.25) is 20.8 Å². The van der Waals surface area contributed by atoms with E-state index in [4.69, 9.17) is 18.9 Å². The van der Waals surface area contributed by atoms with Crippen LogP contribution >= 0.6 is 0 Å². The van der Waals surface area contributed by atoms with Gasteiger partial charge in [0.15, 0.2) is 12.6 Å². The minimum atomic E-state index is -5.38. The molecule has 2 rings (SSSR count). The molecule has 0 aromatic heterocycles. The number of aliphatic hydroxyl groups is 6. The van der Waals surface area contributed by atoms with Gasteiger partial charge in [-0.3, -0.25) is 8.37 Å². The van der Waals surface area contributed by atoms with Crippen molar-refractivity contribution in [3.63, 3.8) is 0 Å². The van der Waals surface area contributed by atoms with E-state index in [-0.39, 0.29) is 72.3 Å². The Kier molecular flexibility index (Phi) is 20.0. The third kappa shape index (κ3) is 13.0. The predicted octanol–water partition coefficient (Wildman–Crippen LogP) is -9.82. The Hall–Kier alpha value is 1.34. The molecule has 2 aliphatic heterocycles. The van der Waals surface area contributed by atoms with Crippen molar-refractivity contribution in [2.24, 2.45) is 5.41 Å². The minimum Gasteiger partial charge on any atom is -0.726 e. The molecule has 0 aromatic carbocycles. The topological polar surface area (TPSA) is 291 Å². The van der Waals surface area contributed by atoms with Gasteiger partial charge in [0.1, 0.15) is 48.8 Å². The van der Waals surface area contributed by atoms with E-state index < -0.39 is 101 Å². The van der Waals surface area contributed by atoms with Crippen molar-refractivity contribution in [2.45, 2.75) is 101 Å². The first kappa shape index (κ1) is 44.3. The van der Waals surface area contributed by atoms with Gasteiger partial charge in [-0.15, -0.1) is 0 Å². The van der Waals surface area contributed by atoms with Crippen LogP contribution in [0.4, 0.5) is 0 Å². The third-order valence-corrected chi connectivity index (χ3v) is 7.69. The summed E-state index contributed by atoms with van der Waals surface area (Å²) in [4.78, 5) is 0. The van der Waals surface area contributed by atoms with Gasteiger partial charge in [0.25, 0.3) is 0 Å². The molecule has 0 radical (unpaired) electrons. The summed E-state index contributed by atoms with van der Waals surface area (Å²) in [6.45, 7) is 1.41. The molecule has 18 nitrogen and oxygen atoms in total. The van der Waals surface area contributed by atoms with Crippen LogP contribution in [0.5, 0.6) is 0 Å². The van der Waals surface area contributed by atoms with Crippen molar-refractivity contribution in [1.82, 2.24) is 0 Å². The van der Waals surface area contributed by atoms with Crippen LogP contribution in [0.3, 0.4) is 0 Å². The summed E-state index contributed by atoms with van der Waals surface area (Å²) in [7, 11) is -10.8. The second-order valence-electron chi connectivity index (χ2n) is 9.97. The quantitative estimate of drug-likeness (QED) is 0.0498. The van der Waals surface area contributed by atoms with E-state index in [2.05, 4.69) is 8.37 Å². The van der Waals surface area contributed by atoms with Gasteiger partial charge in [-0.1, -0.05) is 26.7 Å². The van der Waals surface area contributed by atoms with Gasteiger partial charge in [0, 0.05) is 5.41 Å². The summed E-state index contributed by atoms with van der Waals surface area (Å²) in [6, 6.07) is 0. The zero-order valence-electron chi connectivity index (χ0n) is 24.3. The summed E-state index contributed by atoms with van der Waals surface area (Å²) in [5.74, 6) is 0. The normalized spacial score (nSPS) is 33.8. The van der Waals surface area contributed by atoms with Crippen molar-refractivity contribution in [3.05, 3.63) is 0 Å². The van der Waals surface area contributed by atoms with Crippen molar-refractivity contribution < 1.29 is 143 Å². The summed E-state index contributed by atoms with van der Waals surface area (Å²) >= 11 is 0. The van der Waals surface area contributed by atoms with Gasteiger partial charge in [0.05, 0.1) is 26.4 Å². The van der Waals surface area contributed by atoms with Crippen molar-refractivity contribution in [2.75, 3.05) is 26.4 Å². The molecule has 0 aromatic rings. The monoisotopic (exact) mass is 688 g/mol. The smallest absolute Gasteiger partial charge is 0.726 e. The fraction of sp³-hybridized carbons (Fsp3) is 1.00. The summed E-state index contributed by atoms with van der Waals surface area (Å²) < 4.78 is 97.4. The van der Waals surface area contributed by atoms with Crippen LogP contribution in [-0.2, 0) is 48.1 Å². The Bertz CT molecular complexity index is 940. The van der Waals surface area contributed by atoms with Crippen LogP contribution < -0.4 is 59.1 Å². The average molecular weight is 689 g/mol. The van der Waals surface area contributed by atoms with Crippen LogP contribution in [0.15, 0.2) is 0 Å². The fourth-order valence-electron chi connectivity index (χ4n) is 4.91. The Morgan fingerprint density at radius 2 is 1.00 bits per heavy atom. The zero-order valence-corrected chi connectivity index (χ0v) is 30.0. The van der Waals surface area contributed by atoms with Gasteiger partial charge in [-0.05, 0) is 12.8 Å². The molecule has 0 aliphatic carbocycles. The first-order valence-corrected chi connectivity index (χ1v) is 15.4. The number of hydrogen-bond donors (Lipinski definition) is 6. The van der Waals surface area contributed by atoms with Crippen LogP contribution in [0.1, 0.15) is 39.5 Å². The van der Waals surface area contributed by atoms with E-state index in [0.717, 1.165) is 0 Å². The van der Waals surface area contributed by atoms with Crippen molar-refractivity contribution >= 4 is 20.8 Å². The van der Waals surface area contributed by atoms with Gasteiger partial charge < -0.3 is 58.7 Å². The number of hydrogen-bond acceptors (Lipinski definition) is 18. The molecule has 2 heterocycles. The Labute approximate surface area is 294 Å². The molecule has 2 aliphatic rings. The standard InChI is InChI=1S/C21H40O18S2.2Na/c1-3-5-21(6-4-2,9-34-19-15(26)17(38-40(28,29)30)13(24)11(7-22)36-19)10-35-20-16(27)18(39-41(31,32)33)14(25)12(8-23)37-20;;/h11-20,22-27H,3-10H2,1-2H3,(H,28,29,30)(H,31,32,33);;/q;2*+1/p-2/t11-,12-,13+,14+,15-,16-,17+,18+,19-,20-;;/m1../s1. The maximum Gasteiger partial charge on any atom is 1.00 e. The Morgan fingerprint density at radius 1 is 0.674 bits per heavy atom. The van der Waals surface area contributed by atoms with Crippen molar-refractivity contribution in [3.8, 4) is 0 Å². The van der Waals surface area contributed by atoms with E-state index in [1.54, 1.807) is 0 Å². The number of rotatable bonds is 16. The van der Waals surface area contributed by atoms with Crippen LogP contribution in [0.25, 0.3) is 0 Å². The summed E-state index contributed by atoms with van der Waals surface area (Å²) in [5, 5.41) is 60.5. The molecule has 0 spiro atoms. The molecule has 2 saturated heterocycles. The zero-order chi connectivity index (χ0) is 31.2. The molecule has 0 unspecified atom stereocenters. The van der Waals surface area contributed by atoms with E-state index in [1.165, 1.54) is 0 Å². The summed E-state index contributed by atoms with van der Waals surface area (Å²) in [6.07, 6.45) is -16.3. The first-order chi connectivity index (χ1) is 19.0. The number of aliphatic hydroxyl groups excluding tert-OH is 6. The SMILES string of the molecule is CCCC(CCC)(CO[C@@H]1O[C@H](CO)[C@H](O)[C@H](OS(=O)(=O)[O-])[C@H]1O)CO[C@@H]1O[C@H](CO)[C@H](O)[C@H](OS(=O)(=O)[O-])[C@H]1O.[Na+].[Na+]. The fourth-order valence-corrected chi connectivity index (χ4v) is 5.91. The van der Waals surface area contributed by atoms with E-state index >= 15 is 0 Å². The molecule has 2 fully saturated rings. The van der Waals surface area contributed by atoms with E-state index in [0.29, 0.717) is 25.7 Å². The molecule has 0 bridgehead atoms. The van der Waals surface area contributed by atoms with E-state index in [9.17, 15) is 56.6 Å². The summed E-state index contributed by atoms with van der Waals surface area (Å²) in [5.41, 5.74) is -0.937. The predicted molar refractivity (Wildman–Crippen MR) is 129 cm³/mol. The average Bonchev–Trinajstić information content (AvgIpc) is 2.87. The molecule has 22 heteroatoms. The molecule has 43 heavy (non-hydrogen) atoms. The molecular weight excluding hydrogens is 650 g/mol. The second kappa shape index (κ2) is 19.4. The molecule has 10 atom stereocenters. The third-order valence-electron chi connectivity index (χ3n) is 6.77. The Morgan fingerprint density at radius 3 is 1.26 bits per heavy atom. The maximum atomic E-state index is 11.1. The molecule has 0 saturated carbocycles. The van der Waals surface area contributed by atoms with Gasteiger partial charge in [-0.25, -0.2) is 16.8 Å². The maximum absolute atomic E-state index is 11.1. The van der Waals surface area contributed by atoms with Crippen molar-refractivity contribution in [1.29, 1.82) is 0 Å². The van der Waals surface area contributed by atoms with E-state index in [1.807, 2.05) is 13.8 Å². The Balaban J connectivity index is 0.00000882. The molecular formula is C21H38Na2O18S2. The van der Waals surface area contributed by atoms with Gasteiger partial charge in [-0.2, -0.15) is 0 Å². The minimum absolute atomic E-state index is 0. The molecule has 244 valence electrons. The van der Waals surface area contributed by atoms with Gasteiger partial charge >= 0.3 is 59.1 Å². The molecule has 6 N–H and O–H groups in total. The molecule has 0 amide bonds. The van der Waals surface area contributed by atoms with Crippen LogP contribution in [0, 0.1) is 5.41 Å². The largest absolute Gasteiger partial charge is 1.00 e. The van der Waals surface area contributed by atoms with Crippen LogP contribution in [-0.4, -0.2) is 144 Å². The second-order valence-corrected chi connectivity index (χ2v) is 12.0. The van der Waals surface area contributed by atoms with Crippen LogP contribution in [0.2, 0.25) is 0 Å².